The second-order valence-corrected chi connectivity index (χ2v) is 7.91. The molecule has 0 radical (unpaired) electrons. The van der Waals surface area contributed by atoms with Crippen molar-refractivity contribution in [2.75, 3.05) is 6.54 Å². The predicted octanol–water partition coefficient (Wildman–Crippen LogP) is 1.17. The Morgan fingerprint density at radius 2 is 1.85 bits per heavy atom. The third-order valence-corrected chi connectivity index (χ3v) is 5.26. The van der Waals surface area contributed by atoms with E-state index in [1.54, 1.807) is 24.3 Å². The van der Waals surface area contributed by atoms with Gasteiger partial charge in [0.1, 0.15) is 18.0 Å². The first-order valence-electron chi connectivity index (χ1n) is 10.8. The van der Waals surface area contributed by atoms with Crippen LogP contribution in [0.4, 0.5) is 0 Å². The van der Waals surface area contributed by atoms with Gasteiger partial charge in [0.25, 0.3) is 0 Å². The lowest BCUT2D eigenvalue weighted by atomic mass is 10.0. The van der Waals surface area contributed by atoms with Crippen molar-refractivity contribution in [3.8, 4) is 0 Å². The molecule has 0 aromatic heterocycles. The van der Waals surface area contributed by atoms with Crippen molar-refractivity contribution in [2.45, 2.75) is 37.8 Å². The number of rotatable bonds is 11. The SMILES string of the molecule is N=C(N)c1ccc(C2=NOC(CC(=O)N[C@@H](CC(=O)O)C(=O)NCCc3ccccc3)C2)cc1. The summed E-state index contributed by atoms with van der Waals surface area (Å²) in [5.74, 6) is -2.29. The van der Waals surface area contributed by atoms with Crippen LogP contribution < -0.4 is 16.4 Å². The fraction of sp³-hybridized carbons (Fsp3) is 0.292. The minimum Gasteiger partial charge on any atom is -0.481 e. The van der Waals surface area contributed by atoms with Gasteiger partial charge in [-0.1, -0.05) is 59.8 Å². The molecule has 34 heavy (non-hydrogen) atoms. The maximum absolute atomic E-state index is 12.5. The van der Waals surface area contributed by atoms with Crippen LogP contribution in [-0.2, 0) is 25.6 Å². The van der Waals surface area contributed by atoms with Crippen molar-refractivity contribution >= 4 is 29.3 Å². The second kappa shape index (κ2) is 11.6. The summed E-state index contributed by atoms with van der Waals surface area (Å²) in [6, 6.07) is 15.3. The van der Waals surface area contributed by atoms with Gasteiger partial charge in [-0.25, -0.2) is 0 Å². The monoisotopic (exact) mass is 465 g/mol. The normalized spacial score (nSPS) is 15.5. The van der Waals surface area contributed by atoms with E-state index in [0.717, 1.165) is 11.1 Å². The molecule has 2 amide bonds. The molecule has 2 atom stereocenters. The minimum absolute atomic E-state index is 0.0364. The van der Waals surface area contributed by atoms with E-state index in [2.05, 4.69) is 15.8 Å². The first-order chi connectivity index (χ1) is 16.3. The van der Waals surface area contributed by atoms with Gasteiger partial charge in [-0.2, -0.15) is 0 Å². The van der Waals surface area contributed by atoms with Crippen LogP contribution >= 0.6 is 0 Å². The first kappa shape index (κ1) is 24.4. The number of oxime groups is 1. The quantitative estimate of drug-likeness (QED) is 0.247. The lowest BCUT2D eigenvalue weighted by Crippen LogP contribution is -2.48. The Morgan fingerprint density at radius 1 is 1.15 bits per heavy atom. The molecule has 10 heteroatoms. The van der Waals surface area contributed by atoms with Crippen LogP contribution in [0.3, 0.4) is 0 Å². The number of carboxylic acids is 1. The molecule has 178 valence electrons. The molecule has 0 saturated carbocycles. The largest absolute Gasteiger partial charge is 0.481 e. The highest BCUT2D eigenvalue weighted by Crippen LogP contribution is 2.19. The fourth-order valence-corrected chi connectivity index (χ4v) is 3.49. The first-order valence-corrected chi connectivity index (χ1v) is 10.8. The van der Waals surface area contributed by atoms with Gasteiger partial charge < -0.3 is 26.3 Å². The van der Waals surface area contributed by atoms with E-state index in [1.165, 1.54) is 0 Å². The smallest absolute Gasteiger partial charge is 0.305 e. The number of carboxylic acid groups (broad SMARTS) is 1. The third kappa shape index (κ3) is 7.16. The summed E-state index contributed by atoms with van der Waals surface area (Å²) in [4.78, 5) is 41.5. The Labute approximate surface area is 196 Å². The van der Waals surface area contributed by atoms with E-state index in [0.29, 0.717) is 30.7 Å². The number of aliphatic carboxylic acids is 1. The van der Waals surface area contributed by atoms with Crippen LogP contribution in [0.2, 0.25) is 0 Å². The maximum Gasteiger partial charge on any atom is 0.305 e. The van der Waals surface area contributed by atoms with Crippen LogP contribution in [0.1, 0.15) is 36.0 Å². The summed E-state index contributed by atoms with van der Waals surface area (Å²) in [6.45, 7) is 0.320. The molecule has 2 aromatic carbocycles. The number of nitrogens with one attached hydrogen (secondary N) is 3. The summed E-state index contributed by atoms with van der Waals surface area (Å²) in [5.41, 5.74) is 8.51. The summed E-state index contributed by atoms with van der Waals surface area (Å²) in [6.07, 6.45) is -0.178. The van der Waals surface area contributed by atoms with Crippen LogP contribution in [0, 0.1) is 5.41 Å². The average molecular weight is 466 g/mol. The molecule has 1 aliphatic rings. The predicted molar refractivity (Wildman–Crippen MR) is 125 cm³/mol. The van der Waals surface area contributed by atoms with Crippen molar-refractivity contribution in [3.63, 3.8) is 0 Å². The molecule has 1 unspecified atom stereocenters. The molecular formula is C24H27N5O5. The molecule has 2 aromatic rings. The van der Waals surface area contributed by atoms with E-state index in [9.17, 15) is 14.4 Å². The summed E-state index contributed by atoms with van der Waals surface area (Å²) in [5, 5.41) is 25.8. The van der Waals surface area contributed by atoms with Gasteiger partial charge in [0.15, 0.2) is 0 Å². The Morgan fingerprint density at radius 3 is 2.50 bits per heavy atom. The molecule has 0 saturated heterocycles. The summed E-state index contributed by atoms with van der Waals surface area (Å²) >= 11 is 0. The van der Waals surface area contributed by atoms with Crippen LogP contribution in [0.15, 0.2) is 59.8 Å². The highest BCUT2D eigenvalue weighted by Gasteiger charge is 2.28. The molecule has 0 fully saturated rings. The summed E-state index contributed by atoms with van der Waals surface area (Å²) < 4.78 is 0. The zero-order valence-electron chi connectivity index (χ0n) is 18.5. The van der Waals surface area contributed by atoms with Crippen molar-refractivity contribution in [1.82, 2.24) is 10.6 Å². The number of carbonyl (C=O) groups excluding carboxylic acids is 2. The third-order valence-electron chi connectivity index (χ3n) is 5.26. The molecule has 10 nitrogen and oxygen atoms in total. The Bertz CT molecular complexity index is 1070. The van der Waals surface area contributed by atoms with Crippen LogP contribution in [0.5, 0.6) is 0 Å². The van der Waals surface area contributed by atoms with Crippen molar-refractivity contribution < 1.29 is 24.3 Å². The highest BCUT2D eigenvalue weighted by molar-refractivity contribution is 6.03. The van der Waals surface area contributed by atoms with Gasteiger partial charge in [0.2, 0.25) is 11.8 Å². The minimum atomic E-state index is -1.19. The molecular weight excluding hydrogens is 438 g/mol. The Kier molecular flexibility index (Phi) is 8.33. The number of amides is 2. The molecule has 0 spiro atoms. The van der Waals surface area contributed by atoms with E-state index < -0.39 is 36.4 Å². The van der Waals surface area contributed by atoms with E-state index >= 15 is 0 Å². The number of amidine groups is 1. The van der Waals surface area contributed by atoms with Crippen molar-refractivity contribution in [3.05, 3.63) is 71.3 Å². The van der Waals surface area contributed by atoms with Crippen molar-refractivity contribution in [2.24, 2.45) is 10.9 Å². The van der Waals surface area contributed by atoms with Gasteiger partial charge in [-0.15, -0.1) is 0 Å². The zero-order valence-corrected chi connectivity index (χ0v) is 18.5. The topological polar surface area (TPSA) is 167 Å². The van der Waals surface area contributed by atoms with E-state index in [4.69, 9.17) is 21.1 Å². The highest BCUT2D eigenvalue weighted by atomic mass is 16.6. The Balaban J connectivity index is 1.49. The number of hydrogen-bond donors (Lipinski definition) is 5. The number of nitrogens with zero attached hydrogens (tertiary/aromatic N) is 1. The van der Waals surface area contributed by atoms with Crippen LogP contribution in [0.25, 0.3) is 0 Å². The molecule has 3 rings (SSSR count). The van der Waals surface area contributed by atoms with E-state index in [1.807, 2.05) is 30.3 Å². The number of carbonyl (C=O) groups is 3. The number of benzene rings is 2. The molecule has 6 N–H and O–H groups in total. The fourth-order valence-electron chi connectivity index (χ4n) is 3.49. The van der Waals surface area contributed by atoms with Gasteiger partial charge in [0.05, 0.1) is 18.6 Å². The van der Waals surface area contributed by atoms with Gasteiger partial charge in [-0.05, 0) is 17.5 Å². The van der Waals surface area contributed by atoms with Crippen molar-refractivity contribution in [1.29, 1.82) is 5.41 Å². The standard InChI is InChI=1S/C24H27N5O5/c25-23(26)17-8-6-16(7-9-17)19-12-18(34-29-19)13-21(30)28-20(14-22(31)32)24(33)27-11-10-15-4-2-1-3-5-15/h1-9,18,20H,10-14H2,(H3,25,26)(H,27,33)(H,28,30)(H,31,32)/t18?,20-/m0/s1. The average Bonchev–Trinajstić information content (AvgIpc) is 3.27. The van der Waals surface area contributed by atoms with Crippen LogP contribution in [-0.4, -0.2) is 53.1 Å². The lowest BCUT2D eigenvalue weighted by molar-refractivity contribution is -0.140. The second-order valence-electron chi connectivity index (χ2n) is 7.91. The number of nitrogen functional groups attached to an aromatic ring is 1. The molecule has 0 aliphatic carbocycles. The number of hydrogen-bond acceptors (Lipinski definition) is 6. The lowest BCUT2D eigenvalue weighted by Gasteiger charge is -2.18. The summed E-state index contributed by atoms with van der Waals surface area (Å²) in [7, 11) is 0. The van der Waals surface area contributed by atoms with Gasteiger partial charge in [0, 0.05) is 18.5 Å². The van der Waals surface area contributed by atoms with E-state index in [-0.39, 0.29) is 12.3 Å². The molecule has 1 aliphatic heterocycles. The molecule has 0 bridgehead atoms. The molecule has 1 heterocycles. The van der Waals surface area contributed by atoms with Gasteiger partial charge in [-0.3, -0.25) is 19.8 Å². The number of nitrogens with two attached hydrogens (primary N) is 1. The van der Waals surface area contributed by atoms with Gasteiger partial charge >= 0.3 is 5.97 Å². The Hall–Kier alpha value is -4.21. The maximum atomic E-state index is 12.5. The zero-order chi connectivity index (χ0) is 24.5.